The summed E-state index contributed by atoms with van der Waals surface area (Å²) in [6, 6.07) is 2.61. The van der Waals surface area contributed by atoms with E-state index in [4.69, 9.17) is 4.74 Å². The zero-order valence-corrected chi connectivity index (χ0v) is 12.4. The molecule has 0 aromatic carbocycles. The molecule has 1 saturated heterocycles. The fourth-order valence-electron chi connectivity index (χ4n) is 2.11. The maximum Gasteiger partial charge on any atom is 0.0623 e. The van der Waals surface area contributed by atoms with Crippen LogP contribution in [0, 0.1) is 5.92 Å². The van der Waals surface area contributed by atoms with E-state index in [1.165, 1.54) is 9.35 Å². The largest absolute Gasteiger partial charge is 0.379 e. The number of ether oxygens (including phenoxy) is 1. The van der Waals surface area contributed by atoms with Crippen molar-refractivity contribution in [3.8, 4) is 0 Å². The first-order valence-corrected chi connectivity index (χ1v) is 7.72. The number of thiophene rings is 1. The van der Waals surface area contributed by atoms with Gasteiger partial charge in [-0.2, -0.15) is 0 Å². The lowest BCUT2D eigenvalue weighted by Crippen LogP contribution is -2.40. The average molecular weight is 319 g/mol. The SMILES string of the molecule is CCNC1COCC1CNCc1sccc1Br. The quantitative estimate of drug-likeness (QED) is 0.844. The van der Waals surface area contributed by atoms with Crippen molar-refractivity contribution < 1.29 is 4.74 Å². The van der Waals surface area contributed by atoms with Gasteiger partial charge in [-0.15, -0.1) is 11.3 Å². The predicted molar refractivity (Wildman–Crippen MR) is 75.5 cm³/mol. The number of hydrogen-bond acceptors (Lipinski definition) is 4. The van der Waals surface area contributed by atoms with E-state index in [9.17, 15) is 0 Å². The van der Waals surface area contributed by atoms with Crippen molar-refractivity contribution >= 4 is 27.3 Å². The maximum atomic E-state index is 5.52. The molecule has 2 rings (SSSR count). The molecule has 2 atom stereocenters. The van der Waals surface area contributed by atoms with E-state index in [0.717, 1.165) is 32.8 Å². The summed E-state index contributed by atoms with van der Waals surface area (Å²) in [6.45, 7) is 6.83. The van der Waals surface area contributed by atoms with E-state index in [1.807, 2.05) is 0 Å². The second kappa shape index (κ2) is 6.85. The first-order chi connectivity index (χ1) is 8.31. The van der Waals surface area contributed by atoms with Gasteiger partial charge in [0, 0.05) is 34.4 Å². The Kier molecular flexibility index (Phi) is 5.44. The molecule has 0 bridgehead atoms. The van der Waals surface area contributed by atoms with Crippen LogP contribution < -0.4 is 10.6 Å². The Morgan fingerprint density at radius 3 is 3.12 bits per heavy atom. The number of likely N-dealkylation sites (N-methyl/N-ethyl adjacent to an activating group) is 1. The average Bonchev–Trinajstić information content (AvgIpc) is 2.90. The minimum atomic E-state index is 0.513. The van der Waals surface area contributed by atoms with Crippen LogP contribution in [0.3, 0.4) is 0 Å². The molecular weight excluding hydrogens is 300 g/mol. The van der Waals surface area contributed by atoms with Crippen molar-refractivity contribution in [2.45, 2.75) is 19.5 Å². The Balaban J connectivity index is 1.73. The Morgan fingerprint density at radius 1 is 1.53 bits per heavy atom. The van der Waals surface area contributed by atoms with Gasteiger partial charge in [-0.05, 0) is 33.9 Å². The highest BCUT2D eigenvalue weighted by molar-refractivity contribution is 9.10. The molecule has 1 aromatic rings. The molecule has 5 heteroatoms. The van der Waals surface area contributed by atoms with Gasteiger partial charge in [0.2, 0.25) is 0 Å². The third-order valence-corrected chi connectivity index (χ3v) is 4.97. The third kappa shape index (κ3) is 3.76. The number of hydrogen-bond donors (Lipinski definition) is 2. The molecule has 0 saturated carbocycles. The summed E-state index contributed by atoms with van der Waals surface area (Å²) in [5, 5.41) is 9.11. The van der Waals surface area contributed by atoms with Crippen molar-refractivity contribution in [1.82, 2.24) is 10.6 Å². The molecule has 0 radical (unpaired) electrons. The van der Waals surface area contributed by atoms with Crippen molar-refractivity contribution in [2.75, 3.05) is 26.3 Å². The number of halogens is 1. The second-order valence-electron chi connectivity index (χ2n) is 4.28. The summed E-state index contributed by atoms with van der Waals surface area (Å²) in [4.78, 5) is 1.36. The fraction of sp³-hybridized carbons (Fsp3) is 0.667. The first kappa shape index (κ1) is 13.5. The monoisotopic (exact) mass is 318 g/mol. The van der Waals surface area contributed by atoms with Gasteiger partial charge in [0.25, 0.3) is 0 Å². The van der Waals surface area contributed by atoms with Crippen molar-refractivity contribution in [1.29, 1.82) is 0 Å². The summed E-state index contributed by atoms with van der Waals surface area (Å²) in [5.41, 5.74) is 0. The molecule has 1 aromatic heterocycles. The molecule has 2 N–H and O–H groups in total. The van der Waals surface area contributed by atoms with Crippen molar-refractivity contribution in [2.24, 2.45) is 5.92 Å². The van der Waals surface area contributed by atoms with Gasteiger partial charge in [0.05, 0.1) is 13.2 Å². The zero-order chi connectivity index (χ0) is 12.1. The Hall–Kier alpha value is 0.0600. The molecule has 0 spiro atoms. The second-order valence-corrected chi connectivity index (χ2v) is 6.14. The molecule has 1 fully saturated rings. The standard InChI is InChI=1S/C12H19BrN2OS/c1-2-15-11-8-16-7-9(11)5-14-6-12-10(13)3-4-17-12/h3-4,9,11,14-15H,2,5-8H2,1H3. The molecule has 1 aliphatic rings. The van der Waals surface area contributed by atoms with Crippen LogP contribution in [0.5, 0.6) is 0 Å². The van der Waals surface area contributed by atoms with Crippen LogP contribution in [0.1, 0.15) is 11.8 Å². The number of nitrogens with one attached hydrogen (secondary N) is 2. The van der Waals surface area contributed by atoms with E-state index in [-0.39, 0.29) is 0 Å². The Morgan fingerprint density at radius 2 is 2.41 bits per heavy atom. The lowest BCUT2D eigenvalue weighted by atomic mass is 10.0. The normalized spacial score (nSPS) is 24.4. The van der Waals surface area contributed by atoms with Gasteiger partial charge in [0.15, 0.2) is 0 Å². The molecular formula is C12H19BrN2OS. The van der Waals surface area contributed by atoms with Gasteiger partial charge in [-0.25, -0.2) is 0 Å². The van der Waals surface area contributed by atoms with Gasteiger partial charge in [0.1, 0.15) is 0 Å². The highest BCUT2D eigenvalue weighted by Gasteiger charge is 2.26. The van der Waals surface area contributed by atoms with Gasteiger partial charge >= 0.3 is 0 Å². The van der Waals surface area contributed by atoms with E-state index in [0.29, 0.717) is 12.0 Å². The third-order valence-electron chi connectivity index (χ3n) is 3.05. The van der Waals surface area contributed by atoms with Crippen LogP contribution in [0.4, 0.5) is 0 Å². The van der Waals surface area contributed by atoms with E-state index in [1.54, 1.807) is 11.3 Å². The predicted octanol–water partition coefficient (Wildman–Crippen LogP) is 2.22. The molecule has 2 heterocycles. The summed E-state index contributed by atoms with van der Waals surface area (Å²) in [6.07, 6.45) is 0. The molecule has 0 amide bonds. The molecule has 17 heavy (non-hydrogen) atoms. The van der Waals surface area contributed by atoms with E-state index < -0.39 is 0 Å². The van der Waals surface area contributed by atoms with Gasteiger partial charge in [-0.1, -0.05) is 6.92 Å². The van der Waals surface area contributed by atoms with Crippen LogP contribution in [-0.4, -0.2) is 32.3 Å². The maximum absolute atomic E-state index is 5.52. The van der Waals surface area contributed by atoms with Crippen molar-refractivity contribution in [3.05, 3.63) is 20.8 Å². The minimum Gasteiger partial charge on any atom is -0.379 e. The Labute approximate surface area is 115 Å². The topological polar surface area (TPSA) is 33.3 Å². The molecule has 3 nitrogen and oxygen atoms in total. The van der Waals surface area contributed by atoms with E-state index in [2.05, 4.69) is 44.9 Å². The minimum absolute atomic E-state index is 0.513. The first-order valence-electron chi connectivity index (χ1n) is 6.05. The highest BCUT2D eigenvalue weighted by atomic mass is 79.9. The van der Waals surface area contributed by atoms with Crippen LogP contribution in [-0.2, 0) is 11.3 Å². The molecule has 2 unspecified atom stereocenters. The van der Waals surface area contributed by atoms with E-state index >= 15 is 0 Å². The number of rotatable bonds is 6. The molecule has 0 aliphatic carbocycles. The summed E-state index contributed by atoms with van der Waals surface area (Å²) < 4.78 is 6.73. The van der Waals surface area contributed by atoms with Gasteiger partial charge in [-0.3, -0.25) is 0 Å². The van der Waals surface area contributed by atoms with Crippen LogP contribution in [0.15, 0.2) is 15.9 Å². The summed E-state index contributed by atoms with van der Waals surface area (Å²) in [7, 11) is 0. The highest BCUT2D eigenvalue weighted by Crippen LogP contribution is 2.22. The lowest BCUT2D eigenvalue weighted by molar-refractivity contribution is 0.182. The van der Waals surface area contributed by atoms with Crippen LogP contribution in [0.25, 0.3) is 0 Å². The van der Waals surface area contributed by atoms with Crippen molar-refractivity contribution in [3.63, 3.8) is 0 Å². The molecule has 96 valence electrons. The smallest absolute Gasteiger partial charge is 0.0623 e. The van der Waals surface area contributed by atoms with Crippen LogP contribution >= 0.6 is 27.3 Å². The fourth-order valence-corrected chi connectivity index (χ4v) is 3.57. The Bertz CT molecular complexity index is 345. The summed E-state index contributed by atoms with van der Waals surface area (Å²) in [5.74, 6) is 0.591. The lowest BCUT2D eigenvalue weighted by Gasteiger charge is -2.18. The zero-order valence-electron chi connectivity index (χ0n) is 10.0. The van der Waals surface area contributed by atoms with Gasteiger partial charge < -0.3 is 15.4 Å². The van der Waals surface area contributed by atoms with Crippen LogP contribution in [0.2, 0.25) is 0 Å². The summed E-state index contributed by atoms with van der Waals surface area (Å²) >= 11 is 5.34. The molecule has 1 aliphatic heterocycles.